The Morgan fingerprint density at radius 1 is 1.09 bits per heavy atom. The van der Waals surface area contributed by atoms with Crippen LogP contribution in [0.25, 0.3) is 17.1 Å². The number of rotatable bonds is 9. The summed E-state index contributed by atoms with van der Waals surface area (Å²) in [5.41, 5.74) is 3.37. The molecular formula is C32H30F4N6O3S. The molecule has 3 aromatic carbocycles. The number of amides is 3. The van der Waals surface area contributed by atoms with Crippen LogP contribution in [-0.2, 0) is 4.79 Å². The molecular weight excluding hydrogens is 624 g/mol. The zero-order valence-electron chi connectivity index (χ0n) is 25.1. The Morgan fingerprint density at radius 2 is 1.80 bits per heavy atom. The molecule has 0 spiro atoms. The first kappa shape index (κ1) is 32.7. The van der Waals surface area contributed by atoms with Gasteiger partial charge in [-0.05, 0) is 65.9 Å². The summed E-state index contributed by atoms with van der Waals surface area (Å²) in [5.74, 6) is -0.495. The number of alkyl halides is 3. The van der Waals surface area contributed by atoms with E-state index in [0.29, 0.717) is 29.3 Å². The molecule has 3 amide bonds. The Labute approximate surface area is 266 Å². The molecule has 5 rings (SSSR count). The molecule has 1 unspecified atom stereocenters. The van der Waals surface area contributed by atoms with Crippen molar-refractivity contribution in [2.75, 3.05) is 17.2 Å². The Morgan fingerprint density at radius 3 is 2.46 bits per heavy atom. The second-order valence-electron chi connectivity index (χ2n) is 10.7. The number of hydrogen-bond donors (Lipinski definition) is 1. The van der Waals surface area contributed by atoms with Crippen molar-refractivity contribution in [1.82, 2.24) is 20.1 Å². The number of amidine groups is 1. The molecule has 1 aliphatic rings. The van der Waals surface area contributed by atoms with Crippen LogP contribution in [-0.4, -0.2) is 50.5 Å². The predicted octanol–water partition coefficient (Wildman–Crippen LogP) is 7.43. The van der Waals surface area contributed by atoms with Gasteiger partial charge in [-0.1, -0.05) is 56.8 Å². The van der Waals surface area contributed by atoms with Crippen molar-refractivity contribution in [2.45, 2.75) is 45.4 Å². The normalized spacial score (nSPS) is 15.1. The van der Waals surface area contributed by atoms with Crippen molar-refractivity contribution in [3.8, 4) is 22.8 Å². The van der Waals surface area contributed by atoms with E-state index in [4.69, 9.17) is 0 Å². The lowest BCUT2D eigenvalue weighted by atomic mass is 9.95. The smallest absolute Gasteiger partial charge is 0.406 e. The minimum atomic E-state index is -4.77. The van der Waals surface area contributed by atoms with E-state index < -0.39 is 18.2 Å². The number of anilines is 1. The zero-order valence-corrected chi connectivity index (χ0v) is 25.9. The number of carbonyl (C=O) groups is 2. The van der Waals surface area contributed by atoms with E-state index in [9.17, 15) is 27.2 Å². The highest BCUT2D eigenvalue weighted by Gasteiger charge is 2.33. The van der Waals surface area contributed by atoms with Crippen LogP contribution in [0.15, 0.2) is 78.0 Å². The molecule has 0 radical (unpaired) electrons. The molecule has 1 aromatic heterocycles. The average Bonchev–Trinajstić information content (AvgIpc) is 3.64. The van der Waals surface area contributed by atoms with Crippen molar-refractivity contribution >= 4 is 34.6 Å². The maximum absolute atomic E-state index is 13.9. The minimum Gasteiger partial charge on any atom is -0.406 e. The minimum absolute atomic E-state index is 0.0280. The van der Waals surface area contributed by atoms with Gasteiger partial charge in [0.15, 0.2) is 11.0 Å². The van der Waals surface area contributed by atoms with Gasteiger partial charge in [0.05, 0.1) is 17.1 Å². The van der Waals surface area contributed by atoms with Crippen LogP contribution >= 0.6 is 11.8 Å². The van der Waals surface area contributed by atoms with E-state index >= 15 is 0 Å². The molecule has 0 aliphatic carbocycles. The summed E-state index contributed by atoms with van der Waals surface area (Å²) >= 11 is 1.16. The summed E-state index contributed by atoms with van der Waals surface area (Å²) in [7, 11) is 0. The number of halogens is 4. The van der Waals surface area contributed by atoms with Gasteiger partial charge in [0.1, 0.15) is 17.9 Å². The van der Waals surface area contributed by atoms with Crippen LogP contribution in [0.3, 0.4) is 0 Å². The molecule has 1 atom stereocenters. The van der Waals surface area contributed by atoms with Gasteiger partial charge >= 0.3 is 12.4 Å². The first-order valence-corrected chi connectivity index (χ1v) is 15.4. The summed E-state index contributed by atoms with van der Waals surface area (Å²) in [5, 5.41) is 7.51. The molecule has 0 saturated carbocycles. The first-order valence-electron chi connectivity index (χ1n) is 14.4. The quantitative estimate of drug-likeness (QED) is 0.188. The fourth-order valence-electron chi connectivity index (χ4n) is 4.93. The largest absolute Gasteiger partial charge is 0.573 e. The van der Waals surface area contributed by atoms with Gasteiger partial charge in [0, 0.05) is 18.0 Å². The van der Waals surface area contributed by atoms with Gasteiger partial charge in [0.25, 0.3) is 0 Å². The Hall–Kier alpha value is -4.72. The van der Waals surface area contributed by atoms with Crippen LogP contribution in [0.1, 0.15) is 50.2 Å². The van der Waals surface area contributed by atoms with E-state index in [2.05, 4.69) is 25.1 Å². The SMILES string of the molecule is CCC(CNC(=O)N=C1SCC(=O)N1c1ccc(F)cc1C(C)C)c1ccc(-c2ncn(-c3ccc(OC(F)(F)F)cc3)n2)cc1. The summed E-state index contributed by atoms with van der Waals surface area (Å²) in [6.07, 6.45) is -2.58. The second kappa shape index (κ2) is 13.7. The topological polar surface area (TPSA) is 102 Å². The van der Waals surface area contributed by atoms with Crippen molar-refractivity contribution in [2.24, 2.45) is 4.99 Å². The van der Waals surface area contributed by atoms with Crippen molar-refractivity contribution in [1.29, 1.82) is 0 Å². The number of aliphatic imine (C=N–C) groups is 1. The molecule has 240 valence electrons. The van der Waals surface area contributed by atoms with Gasteiger partial charge < -0.3 is 10.1 Å². The lowest BCUT2D eigenvalue weighted by Gasteiger charge is -2.21. The standard InChI is InChI=1S/C32H30F4N6O3S/c1-4-20(16-37-30(44)39-31-42(28(43)17-46-31)27-14-9-23(33)15-26(27)19(2)3)21-5-7-22(8-6-21)29-38-18-41(40-29)24-10-12-25(13-11-24)45-32(34,35)36/h5-15,18-20H,4,16-17H2,1-3H3,(H,37,44). The third-order valence-electron chi connectivity index (χ3n) is 7.27. The first-order chi connectivity index (χ1) is 21.9. The predicted molar refractivity (Wildman–Crippen MR) is 168 cm³/mol. The zero-order chi connectivity index (χ0) is 33.0. The number of aromatic nitrogens is 3. The number of benzene rings is 3. The molecule has 1 fully saturated rings. The highest BCUT2D eigenvalue weighted by molar-refractivity contribution is 8.15. The molecule has 9 nitrogen and oxygen atoms in total. The third kappa shape index (κ3) is 7.73. The molecule has 2 heterocycles. The van der Waals surface area contributed by atoms with Crippen LogP contribution in [0.2, 0.25) is 0 Å². The maximum Gasteiger partial charge on any atom is 0.573 e. The molecule has 1 saturated heterocycles. The molecule has 0 bridgehead atoms. The van der Waals surface area contributed by atoms with Crippen molar-refractivity contribution < 1.29 is 31.9 Å². The molecule has 1 N–H and O–H groups in total. The highest BCUT2D eigenvalue weighted by Crippen LogP contribution is 2.34. The van der Waals surface area contributed by atoms with E-state index in [1.54, 1.807) is 0 Å². The lowest BCUT2D eigenvalue weighted by molar-refractivity contribution is -0.274. The number of hydrogen-bond acceptors (Lipinski definition) is 6. The fourth-order valence-corrected chi connectivity index (χ4v) is 5.79. The van der Waals surface area contributed by atoms with Gasteiger partial charge in [-0.15, -0.1) is 18.3 Å². The molecule has 1 aliphatic heterocycles. The van der Waals surface area contributed by atoms with E-state index in [1.165, 1.54) is 58.4 Å². The number of nitrogens with zero attached hydrogens (tertiary/aromatic N) is 5. The van der Waals surface area contributed by atoms with Crippen molar-refractivity contribution in [3.63, 3.8) is 0 Å². The second-order valence-corrected chi connectivity index (χ2v) is 11.7. The fraction of sp³-hybridized carbons (Fsp3) is 0.281. The van der Waals surface area contributed by atoms with E-state index in [0.717, 1.165) is 29.3 Å². The van der Waals surface area contributed by atoms with Gasteiger partial charge in [-0.3, -0.25) is 9.69 Å². The summed E-state index contributed by atoms with van der Waals surface area (Å²) in [4.78, 5) is 35.5. The molecule has 4 aromatic rings. The third-order valence-corrected chi connectivity index (χ3v) is 8.20. The highest BCUT2D eigenvalue weighted by atomic mass is 32.2. The number of carbonyl (C=O) groups excluding carboxylic acids is 2. The summed E-state index contributed by atoms with van der Waals surface area (Å²) in [6, 6.07) is 16.5. The Balaban J connectivity index is 1.23. The Bertz CT molecular complexity index is 1740. The van der Waals surface area contributed by atoms with Crippen LogP contribution in [0.4, 0.5) is 28.0 Å². The number of thioether (sulfide) groups is 1. The number of urea groups is 1. The maximum atomic E-state index is 13.9. The number of nitrogens with one attached hydrogen (secondary N) is 1. The summed E-state index contributed by atoms with van der Waals surface area (Å²) < 4.78 is 56.6. The van der Waals surface area contributed by atoms with Gasteiger partial charge in [-0.25, -0.2) is 18.9 Å². The molecule has 46 heavy (non-hydrogen) atoms. The number of ether oxygens (including phenoxy) is 1. The lowest BCUT2D eigenvalue weighted by Crippen LogP contribution is -2.33. The monoisotopic (exact) mass is 654 g/mol. The van der Waals surface area contributed by atoms with Crippen LogP contribution in [0.5, 0.6) is 5.75 Å². The summed E-state index contributed by atoms with van der Waals surface area (Å²) in [6.45, 7) is 6.11. The molecule has 14 heteroatoms. The van der Waals surface area contributed by atoms with E-state index in [1.807, 2.05) is 45.0 Å². The van der Waals surface area contributed by atoms with Crippen LogP contribution in [0, 0.1) is 5.82 Å². The van der Waals surface area contributed by atoms with Gasteiger partial charge in [0.2, 0.25) is 5.91 Å². The Kier molecular flexibility index (Phi) is 9.75. The average molecular weight is 655 g/mol. The van der Waals surface area contributed by atoms with Crippen molar-refractivity contribution in [3.05, 3.63) is 90.0 Å². The van der Waals surface area contributed by atoms with Gasteiger partial charge in [-0.2, -0.15) is 4.99 Å². The van der Waals surface area contributed by atoms with E-state index in [-0.39, 0.29) is 34.4 Å². The van der Waals surface area contributed by atoms with Crippen LogP contribution < -0.4 is 15.0 Å².